The highest BCUT2D eigenvalue weighted by molar-refractivity contribution is 5.83. The molecular weight excluding hydrogens is 432 g/mol. The average molecular weight is 465 g/mol. The molecule has 2 N–H and O–H groups in total. The van der Waals surface area contributed by atoms with Crippen LogP contribution >= 0.6 is 0 Å². The molecule has 1 fully saturated rings. The van der Waals surface area contributed by atoms with E-state index in [1.165, 1.54) is 0 Å². The van der Waals surface area contributed by atoms with Gasteiger partial charge < -0.3 is 20.1 Å². The first-order valence-electron chi connectivity index (χ1n) is 11.7. The van der Waals surface area contributed by atoms with Crippen LogP contribution in [-0.2, 0) is 14.3 Å². The molecule has 0 saturated carbocycles. The number of hydrogen-bond donors (Lipinski definition) is 2. The van der Waals surface area contributed by atoms with Crippen molar-refractivity contribution in [1.29, 1.82) is 0 Å². The second-order valence-electron chi connectivity index (χ2n) is 10.4. The van der Waals surface area contributed by atoms with Gasteiger partial charge in [0.25, 0.3) is 0 Å². The van der Waals surface area contributed by atoms with Crippen molar-refractivity contribution in [2.45, 2.75) is 33.1 Å². The maximum Gasteiger partial charge on any atom is 0.407 e. The van der Waals surface area contributed by atoms with E-state index in [0.717, 1.165) is 22.3 Å². The number of amides is 2. The number of carboxylic acids is 1. The summed E-state index contributed by atoms with van der Waals surface area (Å²) in [5.41, 5.74) is 4.49. The number of carboxylic acid groups (broad SMARTS) is 1. The van der Waals surface area contributed by atoms with Crippen LogP contribution in [0.4, 0.5) is 4.79 Å². The molecule has 2 aliphatic rings. The van der Waals surface area contributed by atoms with Gasteiger partial charge in [-0.15, -0.1) is 0 Å². The van der Waals surface area contributed by atoms with E-state index in [1.54, 1.807) is 4.90 Å². The average Bonchev–Trinajstić information content (AvgIpc) is 3.07. The Kier molecular flexibility index (Phi) is 6.64. The number of fused-ring (bicyclic) bond motifs is 3. The number of nitrogens with one attached hydrogen (secondary N) is 1. The normalized spacial score (nSPS) is 16.3. The highest BCUT2D eigenvalue weighted by Gasteiger charge is 2.39. The summed E-state index contributed by atoms with van der Waals surface area (Å²) >= 11 is 0. The summed E-state index contributed by atoms with van der Waals surface area (Å²) in [4.78, 5) is 38.2. The molecule has 1 atom stereocenters. The van der Waals surface area contributed by atoms with E-state index in [4.69, 9.17) is 9.84 Å². The second-order valence-corrected chi connectivity index (χ2v) is 10.4. The van der Waals surface area contributed by atoms with Gasteiger partial charge >= 0.3 is 12.1 Å². The van der Waals surface area contributed by atoms with Crippen LogP contribution in [0.3, 0.4) is 0 Å². The molecule has 0 spiro atoms. The van der Waals surface area contributed by atoms with Gasteiger partial charge in [-0.05, 0) is 34.1 Å². The third kappa shape index (κ3) is 5.08. The van der Waals surface area contributed by atoms with Crippen molar-refractivity contribution in [3.8, 4) is 11.1 Å². The number of hydrogen-bond acceptors (Lipinski definition) is 4. The van der Waals surface area contributed by atoms with Crippen LogP contribution in [0.1, 0.15) is 44.2 Å². The molecule has 0 radical (unpaired) electrons. The lowest BCUT2D eigenvalue weighted by atomic mass is 9.83. The number of aliphatic carboxylic acids is 1. The van der Waals surface area contributed by atoms with Crippen molar-refractivity contribution in [2.24, 2.45) is 17.3 Å². The Morgan fingerprint density at radius 3 is 2.12 bits per heavy atom. The van der Waals surface area contributed by atoms with E-state index < -0.39 is 23.9 Å². The van der Waals surface area contributed by atoms with Gasteiger partial charge in [-0.2, -0.15) is 0 Å². The molecule has 1 aliphatic carbocycles. The van der Waals surface area contributed by atoms with Crippen molar-refractivity contribution >= 4 is 18.0 Å². The Morgan fingerprint density at radius 2 is 1.59 bits per heavy atom. The van der Waals surface area contributed by atoms with Crippen LogP contribution in [0.15, 0.2) is 48.5 Å². The first-order chi connectivity index (χ1) is 16.1. The molecule has 1 aliphatic heterocycles. The fraction of sp³-hybridized carbons (Fsp3) is 0.444. The van der Waals surface area contributed by atoms with Crippen molar-refractivity contribution < 1.29 is 24.2 Å². The van der Waals surface area contributed by atoms with E-state index in [0.29, 0.717) is 6.42 Å². The molecule has 0 aromatic heterocycles. The van der Waals surface area contributed by atoms with E-state index in [9.17, 15) is 14.4 Å². The summed E-state index contributed by atoms with van der Waals surface area (Å²) in [7, 11) is 0. The lowest BCUT2D eigenvalue weighted by Crippen LogP contribution is -2.56. The van der Waals surface area contributed by atoms with Crippen molar-refractivity contribution in [3.05, 3.63) is 59.7 Å². The molecule has 34 heavy (non-hydrogen) atoms. The highest BCUT2D eigenvalue weighted by Crippen LogP contribution is 2.44. The number of nitrogens with zero attached hydrogens (tertiary/aromatic N) is 1. The minimum Gasteiger partial charge on any atom is -0.481 e. The van der Waals surface area contributed by atoms with Crippen LogP contribution in [0.5, 0.6) is 0 Å². The first kappa shape index (κ1) is 23.8. The van der Waals surface area contributed by atoms with Crippen molar-refractivity contribution in [1.82, 2.24) is 10.2 Å². The van der Waals surface area contributed by atoms with Gasteiger partial charge in [0.1, 0.15) is 6.61 Å². The Labute approximate surface area is 200 Å². The lowest BCUT2D eigenvalue weighted by Gasteiger charge is -2.39. The van der Waals surface area contributed by atoms with Gasteiger partial charge in [0.05, 0.1) is 11.8 Å². The molecule has 7 heteroatoms. The maximum absolute atomic E-state index is 13.0. The molecule has 1 unspecified atom stereocenters. The van der Waals surface area contributed by atoms with Gasteiger partial charge in [-0.3, -0.25) is 9.59 Å². The summed E-state index contributed by atoms with van der Waals surface area (Å²) < 4.78 is 5.60. The van der Waals surface area contributed by atoms with Crippen LogP contribution in [0, 0.1) is 17.3 Å². The molecule has 2 aromatic rings. The van der Waals surface area contributed by atoms with E-state index >= 15 is 0 Å². The lowest BCUT2D eigenvalue weighted by molar-refractivity contribution is -0.154. The first-order valence-corrected chi connectivity index (χ1v) is 11.7. The quantitative estimate of drug-likeness (QED) is 0.643. The van der Waals surface area contributed by atoms with Gasteiger partial charge in [-0.1, -0.05) is 69.3 Å². The van der Waals surface area contributed by atoms with E-state index in [-0.39, 0.29) is 43.5 Å². The standard InChI is InChI=1S/C27H32N2O5/c1-27(2,3)12-17(24(30)29-14-18(15-29)25(31)32)13-28-26(33)34-16-23-21-10-6-4-8-19(21)20-9-5-7-11-22(20)23/h4-11,17-18,23H,12-16H2,1-3H3,(H,28,33)(H,31,32). The maximum atomic E-state index is 13.0. The highest BCUT2D eigenvalue weighted by atomic mass is 16.5. The van der Waals surface area contributed by atoms with Gasteiger partial charge in [-0.25, -0.2) is 4.79 Å². The minimum atomic E-state index is -0.881. The number of likely N-dealkylation sites (tertiary alicyclic amines) is 1. The zero-order valence-corrected chi connectivity index (χ0v) is 19.9. The summed E-state index contributed by atoms with van der Waals surface area (Å²) in [6.07, 6.45) is 0.0181. The number of ether oxygens (including phenoxy) is 1. The summed E-state index contributed by atoms with van der Waals surface area (Å²) in [5, 5.41) is 11.9. The summed E-state index contributed by atoms with van der Waals surface area (Å²) in [5.74, 6) is -1.97. The molecule has 4 rings (SSSR count). The number of carbonyl (C=O) groups is 3. The monoisotopic (exact) mass is 464 g/mol. The van der Waals surface area contributed by atoms with Gasteiger partial charge in [0.15, 0.2) is 0 Å². The molecule has 2 amide bonds. The Morgan fingerprint density at radius 1 is 1.03 bits per heavy atom. The topological polar surface area (TPSA) is 95.9 Å². The minimum absolute atomic E-state index is 0.0285. The third-order valence-electron chi connectivity index (χ3n) is 6.59. The number of alkyl carbamates (subject to hydrolysis) is 1. The third-order valence-corrected chi connectivity index (χ3v) is 6.59. The Bertz CT molecular complexity index is 1040. The summed E-state index contributed by atoms with van der Waals surface area (Å²) in [6.45, 7) is 6.93. The second kappa shape index (κ2) is 9.49. The van der Waals surface area contributed by atoms with Gasteiger partial charge in [0, 0.05) is 25.6 Å². The fourth-order valence-electron chi connectivity index (χ4n) is 4.91. The number of benzene rings is 2. The predicted molar refractivity (Wildman–Crippen MR) is 128 cm³/mol. The fourth-order valence-corrected chi connectivity index (χ4v) is 4.91. The smallest absolute Gasteiger partial charge is 0.407 e. The molecule has 1 heterocycles. The SMILES string of the molecule is CC(C)(C)CC(CNC(=O)OCC1c2ccccc2-c2ccccc21)C(=O)N1CC(C(=O)O)C1. The van der Waals surface area contributed by atoms with Crippen molar-refractivity contribution in [3.63, 3.8) is 0 Å². The zero-order valence-electron chi connectivity index (χ0n) is 19.9. The largest absolute Gasteiger partial charge is 0.481 e. The van der Waals surface area contributed by atoms with E-state index in [1.807, 2.05) is 45.0 Å². The van der Waals surface area contributed by atoms with Crippen LogP contribution in [0.2, 0.25) is 0 Å². The molecule has 1 saturated heterocycles. The molecule has 2 aromatic carbocycles. The van der Waals surface area contributed by atoms with Crippen LogP contribution in [-0.4, -0.2) is 54.2 Å². The number of rotatable bonds is 7. The molecule has 180 valence electrons. The van der Waals surface area contributed by atoms with Crippen LogP contribution < -0.4 is 5.32 Å². The van der Waals surface area contributed by atoms with Gasteiger partial charge in [0.2, 0.25) is 5.91 Å². The van der Waals surface area contributed by atoms with Crippen LogP contribution in [0.25, 0.3) is 11.1 Å². The predicted octanol–water partition coefficient (Wildman–Crippen LogP) is 4.12. The van der Waals surface area contributed by atoms with E-state index in [2.05, 4.69) is 29.6 Å². The van der Waals surface area contributed by atoms with Crippen molar-refractivity contribution in [2.75, 3.05) is 26.2 Å². The Balaban J connectivity index is 1.35. The molecule has 7 nitrogen and oxygen atoms in total. The molecular formula is C27H32N2O5. The molecule has 0 bridgehead atoms. The Hall–Kier alpha value is -3.35. The number of carbonyl (C=O) groups excluding carboxylic acids is 2. The zero-order chi connectivity index (χ0) is 24.5. The summed E-state index contributed by atoms with van der Waals surface area (Å²) in [6, 6.07) is 16.3.